The Labute approximate surface area is 118 Å². The molecule has 0 saturated carbocycles. The zero-order valence-corrected chi connectivity index (χ0v) is 12.1. The average molecular weight is 287 g/mol. The van der Waals surface area contributed by atoms with Crippen LogP contribution in [0.25, 0.3) is 0 Å². The van der Waals surface area contributed by atoms with Crippen molar-refractivity contribution < 1.29 is 9.50 Å². The van der Waals surface area contributed by atoms with Crippen LogP contribution in [0, 0.1) is 5.82 Å². The summed E-state index contributed by atoms with van der Waals surface area (Å²) in [6, 6.07) is 4.86. The summed E-state index contributed by atoms with van der Waals surface area (Å²) in [5.74, 6) is -0.241. The monoisotopic (exact) mass is 286 g/mol. The topological polar surface area (TPSA) is 26.7 Å². The Morgan fingerprint density at radius 3 is 2.89 bits per heavy atom. The zero-order valence-electron chi connectivity index (χ0n) is 11.3. The van der Waals surface area contributed by atoms with Crippen LogP contribution in [0.15, 0.2) is 18.2 Å². The first-order valence-corrected chi connectivity index (χ1v) is 6.84. The van der Waals surface area contributed by atoms with Gasteiger partial charge in [0.1, 0.15) is 5.82 Å². The molecule has 1 aromatic carbocycles. The first-order chi connectivity index (χ1) is 8.95. The molecule has 0 aliphatic carbocycles. The van der Waals surface area contributed by atoms with E-state index in [1.54, 1.807) is 12.1 Å². The third kappa shape index (κ3) is 3.89. The molecule has 1 N–H and O–H groups in total. The van der Waals surface area contributed by atoms with Crippen LogP contribution in [0.1, 0.15) is 12.0 Å². The Kier molecular flexibility index (Phi) is 4.79. The van der Waals surface area contributed by atoms with Crippen molar-refractivity contribution in [3.05, 3.63) is 34.6 Å². The van der Waals surface area contributed by atoms with E-state index in [9.17, 15) is 9.50 Å². The van der Waals surface area contributed by atoms with E-state index in [0.29, 0.717) is 23.7 Å². The van der Waals surface area contributed by atoms with Gasteiger partial charge in [-0.3, -0.25) is 4.90 Å². The highest BCUT2D eigenvalue weighted by molar-refractivity contribution is 6.30. The van der Waals surface area contributed by atoms with Crippen LogP contribution in [0.5, 0.6) is 0 Å². The van der Waals surface area contributed by atoms with Crippen molar-refractivity contribution in [3.63, 3.8) is 0 Å². The number of nitrogens with zero attached hydrogens (tertiary/aromatic N) is 2. The molecule has 1 heterocycles. The summed E-state index contributed by atoms with van der Waals surface area (Å²) in [5, 5.41) is 10.3. The van der Waals surface area contributed by atoms with Crippen molar-refractivity contribution in [3.8, 4) is 0 Å². The first kappa shape index (κ1) is 14.7. The molecule has 0 bridgehead atoms. The highest BCUT2D eigenvalue weighted by Gasteiger charge is 2.31. The SMILES string of the molecule is CN(C)CC1CC(O)CN1Cc1cc(Cl)ccc1F. The van der Waals surface area contributed by atoms with Gasteiger partial charge in [-0.15, -0.1) is 0 Å². The standard InChI is InChI=1S/C14H20ClFN2O/c1-17(2)8-12-6-13(19)9-18(12)7-10-5-11(15)3-4-14(10)16/h3-5,12-13,19H,6-9H2,1-2H3. The van der Waals surface area contributed by atoms with Crippen molar-refractivity contribution in [1.29, 1.82) is 0 Å². The van der Waals surface area contributed by atoms with Gasteiger partial charge in [0.2, 0.25) is 0 Å². The predicted molar refractivity (Wildman–Crippen MR) is 74.8 cm³/mol. The molecule has 2 unspecified atom stereocenters. The Hall–Kier alpha value is -0.680. The third-order valence-corrected chi connectivity index (χ3v) is 3.70. The van der Waals surface area contributed by atoms with Crippen molar-refractivity contribution in [2.24, 2.45) is 0 Å². The van der Waals surface area contributed by atoms with Crippen LogP contribution in [-0.2, 0) is 6.54 Å². The molecule has 2 rings (SSSR count). The number of aliphatic hydroxyl groups is 1. The van der Waals surface area contributed by atoms with Gasteiger partial charge in [-0.25, -0.2) is 4.39 Å². The molecule has 1 aromatic rings. The van der Waals surface area contributed by atoms with E-state index in [4.69, 9.17) is 11.6 Å². The molecule has 106 valence electrons. The van der Waals surface area contributed by atoms with Gasteiger partial charge >= 0.3 is 0 Å². The smallest absolute Gasteiger partial charge is 0.127 e. The van der Waals surface area contributed by atoms with Crippen molar-refractivity contribution in [2.45, 2.75) is 25.1 Å². The van der Waals surface area contributed by atoms with E-state index < -0.39 is 0 Å². The Morgan fingerprint density at radius 1 is 1.47 bits per heavy atom. The van der Waals surface area contributed by atoms with E-state index in [2.05, 4.69) is 9.80 Å². The minimum Gasteiger partial charge on any atom is -0.392 e. The molecule has 1 aliphatic heterocycles. The molecule has 3 nitrogen and oxygen atoms in total. The van der Waals surface area contributed by atoms with Crippen molar-refractivity contribution in [1.82, 2.24) is 9.80 Å². The second-order valence-electron chi connectivity index (χ2n) is 5.47. The van der Waals surface area contributed by atoms with Gasteiger partial charge in [0.25, 0.3) is 0 Å². The second kappa shape index (κ2) is 6.18. The van der Waals surface area contributed by atoms with E-state index in [1.165, 1.54) is 6.07 Å². The van der Waals surface area contributed by atoms with Crippen LogP contribution in [0.2, 0.25) is 5.02 Å². The zero-order chi connectivity index (χ0) is 14.0. The lowest BCUT2D eigenvalue weighted by Crippen LogP contribution is -2.37. The lowest BCUT2D eigenvalue weighted by molar-refractivity contribution is 0.168. The predicted octanol–water partition coefficient (Wildman–Crippen LogP) is 1.98. The maximum atomic E-state index is 13.8. The fourth-order valence-corrected chi connectivity index (χ4v) is 2.84. The average Bonchev–Trinajstić information content (AvgIpc) is 2.63. The van der Waals surface area contributed by atoms with Gasteiger partial charge in [0.15, 0.2) is 0 Å². The molecule has 1 aliphatic rings. The van der Waals surface area contributed by atoms with Gasteiger partial charge < -0.3 is 10.0 Å². The molecule has 0 spiro atoms. The molecule has 0 radical (unpaired) electrons. The molecule has 2 atom stereocenters. The minimum atomic E-state index is -0.327. The Morgan fingerprint density at radius 2 is 2.21 bits per heavy atom. The van der Waals surface area contributed by atoms with E-state index in [1.807, 2.05) is 14.1 Å². The van der Waals surface area contributed by atoms with Crippen LogP contribution in [-0.4, -0.2) is 54.2 Å². The number of benzene rings is 1. The highest BCUT2D eigenvalue weighted by atomic mass is 35.5. The number of aliphatic hydroxyl groups excluding tert-OH is 1. The molecule has 5 heteroatoms. The summed E-state index contributed by atoms with van der Waals surface area (Å²) < 4.78 is 13.8. The van der Waals surface area contributed by atoms with Gasteiger partial charge in [-0.1, -0.05) is 11.6 Å². The minimum absolute atomic E-state index is 0.241. The van der Waals surface area contributed by atoms with E-state index in [0.717, 1.165) is 13.0 Å². The normalized spacial score (nSPS) is 24.3. The van der Waals surface area contributed by atoms with Crippen molar-refractivity contribution in [2.75, 3.05) is 27.2 Å². The Bertz CT molecular complexity index is 441. The number of β-amino-alcohol motifs (C(OH)–C–C–N with tert-alkyl or cyclic N) is 1. The van der Waals surface area contributed by atoms with Crippen LogP contribution in [0.3, 0.4) is 0 Å². The second-order valence-corrected chi connectivity index (χ2v) is 5.91. The molecular formula is C14H20ClFN2O. The summed E-state index contributed by atoms with van der Waals surface area (Å²) >= 11 is 5.91. The summed E-state index contributed by atoms with van der Waals surface area (Å²) in [4.78, 5) is 4.21. The Balaban J connectivity index is 2.09. The first-order valence-electron chi connectivity index (χ1n) is 6.46. The fourth-order valence-electron chi connectivity index (χ4n) is 2.65. The largest absolute Gasteiger partial charge is 0.392 e. The maximum Gasteiger partial charge on any atom is 0.127 e. The lowest BCUT2D eigenvalue weighted by Gasteiger charge is -2.26. The molecule has 19 heavy (non-hydrogen) atoms. The van der Waals surface area contributed by atoms with E-state index >= 15 is 0 Å². The number of likely N-dealkylation sites (N-methyl/N-ethyl adjacent to an activating group) is 1. The fraction of sp³-hybridized carbons (Fsp3) is 0.571. The number of rotatable bonds is 4. The number of halogens is 2. The van der Waals surface area contributed by atoms with Crippen LogP contribution in [0.4, 0.5) is 4.39 Å². The number of hydrogen-bond acceptors (Lipinski definition) is 3. The molecule has 0 aromatic heterocycles. The van der Waals surface area contributed by atoms with Crippen LogP contribution < -0.4 is 0 Å². The molecule has 0 amide bonds. The number of likely N-dealkylation sites (tertiary alicyclic amines) is 1. The maximum absolute atomic E-state index is 13.8. The molecule has 1 saturated heterocycles. The highest BCUT2D eigenvalue weighted by Crippen LogP contribution is 2.23. The summed E-state index contributed by atoms with van der Waals surface area (Å²) in [7, 11) is 4.01. The third-order valence-electron chi connectivity index (χ3n) is 3.46. The van der Waals surface area contributed by atoms with Gasteiger partial charge in [-0.2, -0.15) is 0 Å². The molecule has 1 fully saturated rings. The molecular weight excluding hydrogens is 267 g/mol. The van der Waals surface area contributed by atoms with Gasteiger partial charge in [-0.05, 0) is 38.7 Å². The number of hydrogen-bond donors (Lipinski definition) is 1. The summed E-state index contributed by atoms with van der Waals surface area (Å²) in [5.41, 5.74) is 0.588. The van der Waals surface area contributed by atoms with Crippen LogP contribution >= 0.6 is 11.6 Å². The van der Waals surface area contributed by atoms with Crippen molar-refractivity contribution >= 4 is 11.6 Å². The van der Waals surface area contributed by atoms with Gasteiger partial charge in [0, 0.05) is 36.3 Å². The summed E-state index contributed by atoms with van der Waals surface area (Å²) in [6.07, 6.45) is 0.410. The quantitative estimate of drug-likeness (QED) is 0.917. The lowest BCUT2D eigenvalue weighted by atomic mass is 10.1. The van der Waals surface area contributed by atoms with E-state index in [-0.39, 0.29) is 18.0 Å². The summed E-state index contributed by atoms with van der Waals surface area (Å²) in [6.45, 7) is 1.94. The van der Waals surface area contributed by atoms with Gasteiger partial charge in [0.05, 0.1) is 6.10 Å².